The Balaban J connectivity index is 2.35. The molecule has 0 radical (unpaired) electrons. The van der Waals surface area contributed by atoms with Crippen LogP contribution in [0.4, 0.5) is 4.79 Å². The topological polar surface area (TPSA) is 29.5 Å². The molecule has 0 aromatic heterocycles. The van der Waals surface area contributed by atoms with Crippen LogP contribution in [0.5, 0.6) is 0 Å². The van der Waals surface area contributed by atoms with Crippen molar-refractivity contribution < 1.29 is 9.53 Å². The summed E-state index contributed by atoms with van der Waals surface area (Å²) in [6.45, 7) is 7.56. The van der Waals surface area contributed by atoms with Gasteiger partial charge in [-0.1, -0.05) is 20.8 Å². The lowest BCUT2D eigenvalue weighted by atomic mass is 10.3. The van der Waals surface area contributed by atoms with Crippen molar-refractivity contribution in [1.29, 1.82) is 0 Å². The molecule has 0 spiro atoms. The van der Waals surface area contributed by atoms with Crippen LogP contribution in [0.1, 0.15) is 20.8 Å². The Morgan fingerprint density at radius 3 is 2.69 bits per heavy atom. The molecule has 1 heterocycles. The van der Waals surface area contributed by atoms with Crippen LogP contribution < -0.4 is 0 Å². The summed E-state index contributed by atoms with van der Waals surface area (Å²) in [6.07, 6.45) is 1.54. The van der Waals surface area contributed by atoms with E-state index in [1.165, 1.54) is 0 Å². The van der Waals surface area contributed by atoms with Gasteiger partial charge in [-0.2, -0.15) is 0 Å². The fraction of sp³-hybridized carbons (Fsp3) is 0.667. The minimum atomic E-state index is -0.245. The van der Waals surface area contributed by atoms with Crippen molar-refractivity contribution in [1.82, 2.24) is 4.90 Å². The monoisotopic (exact) mass is 201 g/mol. The lowest BCUT2D eigenvalue weighted by Crippen LogP contribution is -2.16. The first-order valence-corrected chi connectivity index (χ1v) is 5.15. The molecular weight excluding hydrogens is 186 g/mol. The Bertz CT molecular complexity index is 220. The molecule has 0 atom stereocenters. The van der Waals surface area contributed by atoms with Crippen LogP contribution in [0.2, 0.25) is 0 Å². The average Bonchev–Trinajstić information content (AvgIpc) is 2.34. The molecule has 3 nitrogen and oxygen atoms in total. The van der Waals surface area contributed by atoms with Crippen molar-refractivity contribution >= 4 is 17.9 Å². The molecule has 1 amide bonds. The first-order valence-electron chi connectivity index (χ1n) is 4.27. The second kappa shape index (κ2) is 4.05. The summed E-state index contributed by atoms with van der Waals surface area (Å²) in [5.74, 6) is 0. The second-order valence-electron chi connectivity index (χ2n) is 3.82. The number of thioether (sulfide) groups is 1. The number of cyclic esters (lactones) is 1. The van der Waals surface area contributed by atoms with Gasteiger partial charge in [0.1, 0.15) is 6.61 Å². The standard InChI is InChI=1S/C9H15NO2S/c1-9(2,3)13-7-5-10-4-6-12-8(10)11/h5,7H,4,6H2,1-3H3/b7-5-. The summed E-state index contributed by atoms with van der Waals surface area (Å²) in [7, 11) is 0. The molecule has 0 aromatic rings. The van der Waals surface area contributed by atoms with Crippen molar-refractivity contribution in [3.8, 4) is 0 Å². The molecule has 0 aliphatic carbocycles. The number of carbonyl (C=O) groups excluding carboxylic acids is 1. The van der Waals surface area contributed by atoms with Gasteiger partial charge in [0.2, 0.25) is 0 Å². The van der Waals surface area contributed by atoms with E-state index in [2.05, 4.69) is 20.8 Å². The molecule has 0 aromatic carbocycles. The molecular formula is C9H15NO2S. The molecule has 1 aliphatic heterocycles. The lowest BCUT2D eigenvalue weighted by molar-refractivity contribution is 0.166. The summed E-state index contributed by atoms with van der Waals surface area (Å²) >= 11 is 1.69. The maximum absolute atomic E-state index is 11.0. The van der Waals surface area contributed by atoms with Gasteiger partial charge in [-0.3, -0.25) is 4.90 Å². The summed E-state index contributed by atoms with van der Waals surface area (Å²) in [6, 6.07) is 0. The van der Waals surface area contributed by atoms with E-state index in [1.54, 1.807) is 22.9 Å². The van der Waals surface area contributed by atoms with Crippen molar-refractivity contribution in [3.63, 3.8) is 0 Å². The molecule has 74 valence electrons. The average molecular weight is 201 g/mol. The van der Waals surface area contributed by atoms with Crippen molar-refractivity contribution in [3.05, 3.63) is 11.6 Å². The van der Waals surface area contributed by atoms with Crippen LogP contribution in [-0.4, -0.2) is 28.9 Å². The zero-order valence-electron chi connectivity index (χ0n) is 8.24. The minimum Gasteiger partial charge on any atom is -0.447 e. The van der Waals surface area contributed by atoms with E-state index >= 15 is 0 Å². The second-order valence-corrected chi connectivity index (χ2v) is 5.56. The van der Waals surface area contributed by atoms with E-state index in [9.17, 15) is 4.79 Å². The maximum atomic E-state index is 11.0. The first-order chi connectivity index (χ1) is 5.99. The van der Waals surface area contributed by atoms with Crippen LogP contribution >= 0.6 is 11.8 Å². The third-order valence-electron chi connectivity index (χ3n) is 1.45. The van der Waals surface area contributed by atoms with Crippen LogP contribution in [0, 0.1) is 0 Å². The van der Waals surface area contributed by atoms with Crippen molar-refractivity contribution in [2.75, 3.05) is 13.2 Å². The van der Waals surface area contributed by atoms with Gasteiger partial charge in [0, 0.05) is 10.9 Å². The van der Waals surface area contributed by atoms with Gasteiger partial charge in [-0.05, 0) is 5.41 Å². The zero-order chi connectivity index (χ0) is 9.90. The highest BCUT2D eigenvalue weighted by Crippen LogP contribution is 2.24. The molecule has 1 fully saturated rings. The summed E-state index contributed by atoms with van der Waals surface area (Å²) in [4.78, 5) is 12.6. The molecule has 1 aliphatic rings. The quantitative estimate of drug-likeness (QED) is 0.687. The number of hydrogen-bond donors (Lipinski definition) is 0. The van der Waals surface area contributed by atoms with Gasteiger partial charge >= 0.3 is 6.09 Å². The van der Waals surface area contributed by atoms with Gasteiger partial charge < -0.3 is 4.74 Å². The zero-order valence-corrected chi connectivity index (χ0v) is 9.06. The van der Waals surface area contributed by atoms with E-state index in [0.29, 0.717) is 13.2 Å². The highest BCUT2D eigenvalue weighted by molar-refractivity contribution is 8.03. The van der Waals surface area contributed by atoms with Crippen molar-refractivity contribution in [2.45, 2.75) is 25.5 Å². The maximum Gasteiger partial charge on any atom is 0.413 e. The summed E-state index contributed by atoms with van der Waals surface area (Å²) in [5, 5.41) is 1.94. The largest absolute Gasteiger partial charge is 0.447 e. The molecule has 1 rings (SSSR count). The lowest BCUT2D eigenvalue weighted by Gasteiger charge is -2.14. The van der Waals surface area contributed by atoms with E-state index in [1.807, 2.05) is 5.41 Å². The summed E-state index contributed by atoms with van der Waals surface area (Å²) in [5.41, 5.74) is 0. The molecule has 13 heavy (non-hydrogen) atoms. The summed E-state index contributed by atoms with van der Waals surface area (Å²) < 4.78 is 4.97. The number of carbonyl (C=O) groups is 1. The highest BCUT2D eigenvalue weighted by Gasteiger charge is 2.19. The van der Waals surface area contributed by atoms with E-state index in [4.69, 9.17) is 4.74 Å². The van der Waals surface area contributed by atoms with E-state index in [-0.39, 0.29) is 10.8 Å². The number of rotatable bonds is 2. The Morgan fingerprint density at radius 2 is 2.23 bits per heavy atom. The fourth-order valence-corrected chi connectivity index (χ4v) is 1.46. The fourth-order valence-electron chi connectivity index (χ4n) is 0.849. The van der Waals surface area contributed by atoms with Gasteiger partial charge in [0.05, 0.1) is 6.54 Å². The third kappa shape index (κ3) is 3.72. The number of amides is 1. The normalized spacial score (nSPS) is 18.4. The van der Waals surface area contributed by atoms with Gasteiger partial charge in [0.25, 0.3) is 0 Å². The Morgan fingerprint density at radius 1 is 1.54 bits per heavy atom. The number of ether oxygens (including phenoxy) is 1. The van der Waals surface area contributed by atoms with Crippen LogP contribution in [-0.2, 0) is 4.74 Å². The number of nitrogens with zero attached hydrogens (tertiary/aromatic N) is 1. The van der Waals surface area contributed by atoms with Gasteiger partial charge in [0.15, 0.2) is 0 Å². The predicted molar refractivity (Wildman–Crippen MR) is 54.5 cm³/mol. The minimum absolute atomic E-state index is 0.195. The van der Waals surface area contributed by atoms with E-state index < -0.39 is 0 Å². The van der Waals surface area contributed by atoms with E-state index in [0.717, 1.165) is 0 Å². The number of hydrogen-bond acceptors (Lipinski definition) is 3. The molecule has 0 saturated carbocycles. The first kappa shape index (κ1) is 10.4. The smallest absolute Gasteiger partial charge is 0.413 e. The van der Waals surface area contributed by atoms with Gasteiger partial charge in [-0.15, -0.1) is 11.8 Å². The van der Waals surface area contributed by atoms with Crippen LogP contribution in [0.25, 0.3) is 0 Å². The predicted octanol–water partition coefficient (Wildman–Crippen LogP) is 2.44. The Kier molecular flexibility index (Phi) is 3.25. The van der Waals surface area contributed by atoms with Crippen LogP contribution in [0.15, 0.2) is 11.6 Å². The highest BCUT2D eigenvalue weighted by atomic mass is 32.2. The molecule has 1 saturated heterocycles. The third-order valence-corrected chi connectivity index (χ3v) is 2.42. The molecule has 4 heteroatoms. The van der Waals surface area contributed by atoms with Gasteiger partial charge in [-0.25, -0.2) is 4.79 Å². The molecule has 0 N–H and O–H groups in total. The van der Waals surface area contributed by atoms with Crippen molar-refractivity contribution in [2.24, 2.45) is 0 Å². The molecule has 0 bridgehead atoms. The van der Waals surface area contributed by atoms with Crippen LogP contribution in [0.3, 0.4) is 0 Å². The SMILES string of the molecule is CC(C)(C)S/C=C\N1CCOC1=O. The Labute approximate surface area is 83.1 Å². The Hall–Kier alpha value is -0.640. The molecule has 0 unspecified atom stereocenters.